The first kappa shape index (κ1) is 17.1. The maximum absolute atomic E-state index is 13.2. The Morgan fingerprint density at radius 2 is 2.00 bits per heavy atom. The number of likely N-dealkylation sites (tertiary alicyclic amines) is 1. The molecule has 2 aliphatic carbocycles. The van der Waals surface area contributed by atoms with Gasteiger partial charge in [0.15, 0.2) is 0 Å². The zero-order valence-electron chi connectivity index (χ0n) is 15.4. The highest BCUT2D eigenvalue weighted by atomic mass is 16.2. The number of carbonyl (C=O) groups excluding carboxylic acids is 1. The summed E-state index contributed by atoms with van der Waals surface area (Å²) in [5.41, 5.74) is 6.40. The van der Waals surface area contributed by atoms with Crippen LogP contribution in [0.25, 0.3) is 0 Å². The summed E-state index contributed by atoms with van der Waals surface area (Å²) in [5, 5.41) is 0. The van der Waals surface area contributed by atoms with E-state index in [1.807, 2.05) is 12.4 Å². The van der Waals surface area contributed by atoms with Gasteiger partial charge in [-0.15, -0.1) is 0 Å². The lowest BCUT2D eigenvalue weighted by Crippen LogP contribution is -2.51. The second-order valence-corrected chi connectivity index (χ2v) is 8.65. The largest absolute Gasteiger partial charge is 0.342 e. The first-order valence-corrected chi connectivity index (χ1v) is 10.1. The minimum atomic E-state index is 0.224. The fourth-order valence-electron chi connectivity index (χ4n) is 5.53. The maximum Gasteiger partial charge on any atom is 0.225 e. The molecule has 2 heterocycles. The minimum absolute atomic E-state index is 0.224. The van der Waals surface area contributed by atoms with Crippen LogP contribution in [0.3, 0.4) is 0 Å². The molecule has 0 spiro atoms. The lowest BCUT2D eigenvalue weighted by atomic mass is 9.65. The van der Waals surface area contributed by atoms with Gasteiger partial charge in [0.05, 0.1) is 0 Å². The predicted molar refractivity (Wildman–Crippen MR) is 97.7 cm³/mol. The number of imidazole rings is 1. The molecule has 5 heteroatoms. The van der Waals surface area contributed by atoms with Gasteiger partial charge in [-0.3, -0.25) is 4.79 Å². The standard InChI is InChI=1S/C20H32N4O/c1-23-9-7-22-18(23)10-14-4-3-8-24(13-14)20(25)17-11-15-5-2-6-16(12-17)19(15)21/h7,9,14-17,19H,2-6,8,10-13,21H2,1H3. The van der Waals surface area contributed by atoms with E-state index >= 15 is 0 Å². The number of piperidine rings is 1. The normalized spacial score (nSPS) is 35.6. The Bertz CT molecular complexity index is 599. The number of fused-ring (bicyclic) bond motifs is 2. The average Bonchev–Trinajstić information content (AvgIpc) is 2.99. The summed E-state index contributed by atoms with van der Waals surface area (Å²) >= 11 is 0. The summed E-state index contributed by atoms with van der Waals surface area (Å²) in [6.07, 6.45) is 13.0. The van der Waals surface area contributed by atoms with Gasteiger partial charge < -0.3 is 15.2 Å². The van der Waals surface area contributed by atoms with Crippen molar-refractivity contribution in [1.29, 1.82) is 0 Å². The lowest BCUT2D eigenvalue weighted by Gasteiger charge is -2.45. The molecule has 3 aliphatic rings. The topological polar surface area (TPSA) is 64.2 Å². The molecule has 1 aromatic rings. The molecule has 3 atom stereocenters. The van der Waals surface area contributed by atoms with E-state index in [1.165, 1.54) is 25.7 Å². The number of hydrogen-bond donors (Lipinski definition) is 1. The first-order valence-electron chi connectivity index (χ1n) is 10.1. The lowest BCUT2D eigenvalue weighted by molar-refractivity contribution is -0.140. The highest BCUT2D eigenvalue weighted by Gasteiger charge is 2.42. The Kier molecular flexibility index (Phi) is 4.85. The average molecular weight is 345 g/mol. The van der Waals surface area contributed by atoms with E-state index in [9.17, 15) is 4.79 Å². The summed E-state index contributed by atoms with van der Waals surface area (Å²) in [6.45, 7) is 1.84. The molecule has 3 unspecified atom stereocenters. The predicted octanol–water partition coefficient (Wildman–Crippen LogP) is 2.35. The van der Waals surface area contributed by atoms with E-state index in [0.29, 0.717) is 29.7 Å². The fraction of sp³-hybridized carbons (Fsp3) is 0.800. The van der Waals surface area contributed by atoms with Gasteiger partial charge >= 0.3 is 0 Å². The van der Waals surface area contributed by atoms with Crippen molar-refractivity contribution < 1.29 is 4.79 Å². The number of rotatable bonds is 3. The van der Waals surface area contributed by atoms with Crippen molar-refractivity contribution in [1.82, 2.24) is 14.5 Å². The van der Waals surface area contributed by atoms with Crippen LogP contribution < -0.4 is 5.73 Å². The Morgan fingerprint density at radius 3 is 2.68 bits per heavy atom. The van der Waals surface area contributed by atoms with Crippen LogP contribution in [0.4, 0.5) is 0 Å². The van der Waals surface area contributed by atoms with Gasteiger partial charge in [0.1, 0.15) is 5.82 Å². The number of aromatic nitrogens is 2. The third-order valence-corrected chi connectivity index (χ3v) is 6.99. The van der Waals surface area contributed by atoms with E-state index in [4.69, 9.17) is 5.73 Å². The third-order valence-electron chi connectivity index (χ3n) is 6.99. The molecule has 4 rings (SSSR count). The van der Waals surface area contributed by atoms with Crippen LogP contribution in [0.5, 0.6) is 0 Å². The molecular weight excluding hydrogens is 312 g/mol. The molecular formula is C20H32N4O. The van der Waals surface area contributed by atoms with E-state index in [1.54, 1.807) is 0 Å². The van der Waals surface area contributed by atoms with Crippen LogP contribution in [0.15, 0.2) is 12.4 Å². The van der Waals surface area contributed by atoms with E-state index < -0.39 is 0 Å². The zero-order valence-corrected chi connectivity index (χ0v) is 15.4. The Morgan fingerprint density at radius 1 is 1.24 bits per heavy atom. The van der Waals surface area contributed by atoms with Gasteiger partial charge in [0.2, 0.25) is 5.91 Å². The molecule has 1 amide bonds. The second kappa shape index (κ2) is 7.10. The Hall–Kier alpha value is -1.36. The summed E-state index contributed by atoms with van der Waals surface area (Å²) < 4.78 is 2.10. The molecule has 1 saturated heterocycles. The molecule has 138 valence electrons. The van der Waals surface area contributed by atoms with E-state index in [2.05, 4.69) is 21.5 Å². The van der Waals surface area contributed by atoms with Crippen LogP contribution in [-0.2, 0) is 18.3 Å². The van der Waals surface area contributed by atoms with Crippen LogP contribution in [-0.4, -0.2) is 39.5 Å². The number of nitrogens with zero attached hydrogens (tertiary/aromatic N) is 3. The Labute approximate surface area is 151 Å². The van der Waals surface area contributed by atoms with Crippen molar-refractivity contribution >= 4 is 5.91 Å². The minimum Gasteiger partial charge on any atom is -0.342 e. The SMILES string of the molecule is Cn1ccnc1CC1CCCN(C(=O)C2CC3CCCC(C2)C3N)C1. The van der Waals surface area contributed by atoms with Crippen molar-refractivity contribution in [2.24, 2.45) is 36.5 Å². The van der Waals surface area contributed by atoms with Gasteiger partial charge in [0, 0.05) is 50.9 Å². The quantitative estimate of drug-likeness (QED) is 0.915. The second-order valence-electron chi connectivity index (χ2n) is 8.65. The molecule has 2 saturated carbocycles. The summed E-state index contributed by atoms with van der Waals surface area (Å²) in [5.74, 6) is 3.47. The molecule has 0 aromatic carbocycles. The first-order chi connectivity index (χ1) is 12.1. The molecule has 3 fully saturated rings. The molecule has 5 nitrogen and oxygen atoms in total. The van der Waals surface area contributed by atoms with Crippen molar-refractivity contribution in [2.45, 2.75) is 57.4 Å². The molecule has 1 aromatic heterocycles. The number of hydrogen-bond acceptors (Lipinski definition) is 3. The highest BCUT2D eigenvalue weighted by molar-refractivity contribution is 5.79. The van der Waals surface area contributed by atoms with Gasteiger partial charge in [-0.1, -0.05) is 6.42 Å². The highest BCUT2D eigenvalue weighted by Crippen LogP contribution is 2.42. The fourth-order valence-corrected chi connectivity index (χ4v) is 5.53. The summed E-state index contributed by atoms with van der Waals surface area (Å²) in [7, 11) is 2.05. The number of carbonyl (C=O) groups is 1. The van der Waals surface area contributed by atoms with Gasteiger partial charge in [-0.2, -0.15) is 0 Å². The van der Waals surface area contributed by atoms with E-state index in [0.717, 1.165) is 44.6 Å². The van der Waals surface area contributed by atoms with Crippen LogP contribution in [0.1, 0.15) is 50.8 Å². The molecule has 2 N–H and O–H groups in total. The van der Waals surface area contributed by atoms with Crippen LogP contribution in [0, 0.1) is 23.7 Å². The van der Waals surface area contributed by atoms with Crippen molar-refractivity contribution in [3.8, 4) is 0 Å². The van der Waals surface area contributed by atoms with E-state index in [-0.39, 0.29) is 5.92 Å². The maximum atomic E-state index is 13.2. The molecule has 1 aliphatic heterocycles. The summed E-state index contributed by atoms with van der Waals surface area (Å²) in [4.78, 5) is 19.8. The van der Waals surface area contributed by atoms with Crippen molar-refractivity contribution in [2.75, 3.05) is 13.1 Å². The van der Waals surface area contributed by atoms with Gasteiger partial charge in [-0.25, -0.2) is 4.98 Å². The number of aryl methyl sites for hydroxylation is 1. The van der Waals surface area contributed by atoms with Crippen molar-refractivity contribution in [3.63, 3.8) is 0 Å². The summed E-state index contributed by atoms with van der Waals surface area (Å²) in [6, 6.07) is 0.343. The third kappa shape index (κ3) is 3.48. The van der Waals surface area contributed by atoms with Gasteiger partial charge in [-0.05, 0) is 56.3 Å². The van der Waals surface area contributed by atoms with Crippen LogP contribution >= 0.6 is 0 Å². The smallest absolute Gasteiger partial charge is 0.225 e. The van der Waals surface area contributed by atoms with Crippen molar-refractivity contribution in [3.05, 3.63) is 18.2 Å². The Balaban J connectivity index is 1.38. The van der Waals surface area contributed by atoms with Gasteiger partial charge in [0.25, 0.3) is 0 Å². The monoisotopic (exact) mass is 344 g/mol. The molecule has 0 radical (unpaired) electrons. The number of amides is 1. The molecule has 2 bridgehead atoms. The zero-order chi connectivity index (χ0) is 17.4. The molecule has 25 heavy (non-hydrogen) atoms. The van der Waals surface area contributed by atoms with Crippen LogP contribution in [0.2, 0.25) is 0 Å². The number of nitrogens with two attached hydrogens (primary N) is 1.